The smallest absolute Gasteiger partial charge is 0.348 e. The number of rotatable bonds is 2. The first kappa shape index (κ1) is 10.1. The lowest BCUT2D eigenvalue weighted by atomic mass is 10.3. The van der Waals surface area contributed by atoms with E-state index in [-0.39, 0.29) is 5.97 Å². The second-order valence-electron chi connectivity index (χ2n) is 2.82. The molecule has 4 nitrogen and oxygen atoms in total. The van der Waals surface area contributed by atoms with Gasteiger partial charge < -0.3 is 10.5 Å². The first-order valence-corrected chi connectivity index (χ1v) is 5.66. The SMILES string of the molecule is COC(=O)c1cc2cc(C(N)=O)sc2s1. The van der Waals surface area contributed by atoms with Gasteiger partial charge in [0, 0.05) is 5.39 Å². The van der Waals surface area contributed by atoms with Gasteiger partial charge in [0.25, 0.3) is 5.91 Å². The van der Waals surface area contributed by atoms with E-state index in [1.54, 1.807) is 12.1 Å². The maximum atomic E-state index is 11.2. The third-order valence-corrected chi connectivity index (χ3v) is 4.23. The number of methoxy groups -OCH3 is 1. The fourth-order valence-electron chi connectivity index (χ4n) is 1.16. The number of hydrogen-bond donors (Lipinski definition) is 1. The van der Waals surface area contributed by atoms with Crippen molar-refractivity contribution in [2.75, 3.05) is 7.11 Å². The third kappa shape index (κ3) is 1.73. The highest BCUT2D eigenvalue weighted by Crippen LogP contribution is 2.33. The summed E-state index contributed by atoms with van der Waals surface area (Å²) in [6, 6.07) is 3.39. The second kappa shape index (κ2) is 3.63. The summed E-state index contributed by atoms with van der Waals surface area (Å²) in [5, 5.41) is 0.860. The molecule has 0 radical (unpaired) electrons. The fourth-order valence-corrected chi connectivity index (χ4v) is 3.38. The lowest BCUT2D eigenvalue weighted by Gasteiger charge is -1.91. The number of amides is 1. The van der Waals surface area contributed by atoms with Gasteiger partial charge in [0.1, 0.15) is 4.88 Å². The van der Waals surface area contributed by atoms with Crippen LogP contribution in [0.2, 0.25) is 0 Å². The Balaban J connectivity index is 2.47. The van der Waals surface area contributed by atoms with Gasteiger partial charge in [-0.3, -0.25) is 4.79 Å². The van der Waals surface area contributed by atoms with Crippen LogP contribution in [0.25, 0.3) is 9.40 Å². The number of fused-ring (bicyclic) bond motifs is 1. The van der Waals surface area contributed by atoms with Crippen molar-refractivity contribution < 1.29 is 14.3 Å². The molecule has 2 heterocycles. The summed E-state index contributed by atoms with van der Waals surface area (Å²) < 4.78 is 5.50. The van der Waals surface area contributed by atoms with Gasteiger partial charge in [-0.1, -0.05) is 0 Å². The minimum Gasteiger partial charge on any atom is -0.465 e. The largest absolute Gasteiger partial charge is 0.465 e. The van der Waals surface area contributed by atoms with Crippen LogP contribution in [-0.2, 0) is 4.74 Å². The van der Waals surface area contributed by atoms with Gasteiger partial charge in [0.05, 0.1) is 16.0 Å². The zero-order chi connectivity index (χ0) is 11.0. The van der Waals surface area contributed by atoms with E-state index < -0.39 is 5.91 Å². The molecule has 2 rings (SSSR count). The van der Waals surface area contributed by atoms with Crippen molar-refractivity contribution >= 4 is 43.9 Å². The number of carbonyl (C=O) groups is 2. The highest BCUT2D eigenvalue weighted by Gasteiger charge is 2.14. The predicted octanol–water partition coefficient (Wildman–Crippen LogP) is 1.85. The van der Waals surface area contributed by atoms with Gasteiger partial charge >= 0.3 is 5.97 Å². The molecule has 0 bridgehead atoms. The van der Waals surface area contributed by atoms with Crippen molar-refractivity contribution in [3.8, 4) is 0 Å². The van der Waals surface area contributed by atoms with Gasteiger partial charge in [-0.2, -0.15) is 0 Å². The Kier molecular flexibility index (Phi) is 2.45. The maximum Gasteiger partial charge on any atom is 0.348 e. The van der Waals surface area contributed by atoms with Crippen molar-refractivity contribution in [2.24, 2.45) is 5.73 Å². The van der Waals surface area contributed by atoms with Crippen molar-refractivity contribution in [3.05, 3.63) is 21.9 Å². The molecular formula is C9H7NO3S2. The van der Waals surface area contributed by atoms with Crippen LogP contribution in [0.5, 0.6) is 0 Å². The quantitative estimate of drug-likeness (QED) is 0.816. The van der Waals surface area contributed by atoms with Gasteiger partial charge in [0.2, 0.25) is 0 Å². The van der Waals surface area contributed by atoms with E-state index in [1.165, 1.54) is 29.8 Å². The van der Waals surface area contributed by atoms with E-state index >= 15 is 0 Å². The van der Waals surface area contributed by atoms with Crippen LogP contribution in [0.1, 0.15) is 19.3 Å². The van der Waals surface area contributed by atoms with Crippen molar-refractivity contribution in [1.29, 1.82) is 0 Å². The summed E-state index contributed by atoms with van der Waals surface area (Å²) in [6.07, 6.45) is 0. The molecule has 0 aliphatic heterocycles. The Hall–Kier alpha value is -1.40. The Bertz CT molecular complexity index is 509. The van der Waals surface area contributed by atoms with Crippen LogP contribution in [0.3, 0.4) is 0 Å². The summed E-state index contributed by atoms with van der Waals surface area (Å²) >= 11 is 2.59. The number of thiophene rings is 2. The minimum absolute atomic E-state index is 0.357. The number of ether oxygens (including phenoxy) is 1. The molecule has 0 saturated carbocycles. The first-order chi connectivity index (χ1) is 7.11. The first-order valence-electron chi connectivity index (χ1n) is 4.03. The maximum absolute atomic E-state index is 11.2. The molecule has 0 unspecified atom stereocenters. The number of esters is 1. The monoisotopic (exact) mass is 241 g/mol. The molecule has 0 aromatic carbocycles. The summed E-state index contributed by atoms with van der Waals surface area (Å²) in [6.45, 7) is 0. The molecule has 2 aromatic heterocycles. The standard InChI is InChI=1S/C9H7NO3S2/c1-13-8(12)6-3-4-2-5(7(10)11)14-9(4)15-6/h2-3H,1H3,(H2,10,11). The molecule has 2 aromatic rings. The average molecular weight is 241 g/mol. The Morgan fingerprint density at radius 1 is 1.27 bits per heavy atom. The number of nitrogens with two attached hydrogens (primary N) is 1. The summed E-state index contributed by atoms with van der Waals surface area (Å²) in [4.78, 5) is 23.1. The van der Waals surface area contributed by atoms with Crippen LogP contribution in [0.15, 0.2) is 12.1 Å². The van der Waals surface area contributed by atoms with Crippen LogP contribution in [0, 0.1) is 0 Å². The van der Waals surface area contributed by atoms with Crippen LogP contribution in [0.4, 0.5) is 0 Å². The zero-order valence-corrected chi connectivity index (χ0v) is 9.41. The zero-order valence-electron chi connectivity index (χ0n) is 7.77. The highest BCUT2D eigenvalue weighted by molar-refractivity contribution is 7.39. The van der Waals surface area contributed by atoms with E-state index in [0.717, 1.165) is 9.40 Å². The van der Waals surface area contributed by atoms with Gasteiger partial charge in [-0.25, -0.2) is 4.79 Å². The second-order valence-corrected chi connectivity index (χ2v) is 5.18. The molecule has 0 spiro atoms. The van der Waals surface area contributed by atoms with E-state index in [2.05, 4.69) is 4.74 Å². The minimum atomic E-state index is -0.442. The molecule has 1 amide bonds. The van der Waals surface area contributed by atoms with E-state index in [1.807, 2.05) is 0 Å². The third-order valence-electron chi connectivity index (χ3n) is 1.84. The fraction of sp³-hybridized carbons (Fsp3) is 0.111. The molecule has 78 valence electrons. The predicted molar refractivity (Wildman–Crippen MR) is 59.6 cm³/mol. The molecule has 0 fully saturated rings. The molecular weight excluding hydrogens is 234 g/mol. The lowest BCUT2D eigenvalue weighted by molar-refractivity contribution is 0.0606. The van der Waals surface area contributed by atoms with Crippen molar-refractivity contribution in [3.63, 3.8) is 0 Å². The molecule has 0 saturated heterocycles. The average Bonchev–Trinajstić information content (AvgIpc) is 2.72. The van der Waals surface area contributed by atoms with Gasteiger partial charge in [0.15, 0.2) is 0 Å². The summed E-state index contributed by atoms with van der Waals surface area (Å²) in [5.74, 6) is -0.799. The van der Waals surface area contributed by atoms with Crippen LogP contribution >= 0.6 is 22.7 Å². The van der Waals surface area contributed by atoms with E-state index in [9.17, 15) is 9.59 Å². The summed E-state index contributed by atoms with van der Waals surface area (Å²) in [7, 11) is 1.34. The molecule has 0 aliphatic carbocycles. The Morgan fingerprint density at radius 3 is 2.40 bits per heavy atom. The van der Waals surface area contributed by atoms with Gasteiger partial charge in [-0.15, -0.1) is 22.7 Å². The summed E-state index contributed by atoms with van der Waals surface area (Å²) in [5.41, 5.74) is 5.15. The van der Waals surface area contributed by atoms with Crippen LogP contribution < -0.4 is 5.73 Å². The molecule has 6 heteroatoms. The lowest BCUT2D eigenvalue weighted by Crippen LogP contribution is -2.08. The van der Waals surface area contributed by atoms with Gasteiger partial charge in [-0.05, 0) is 12.1 Å². The van der Waals surface area contributed by atoms with E-state index in [4.69, 9.17) is 5.73 Å². The number of carbonyl (C=O) groups excluding carboxylic acids is 2. The van der Waals surface area contributed by atoms with Crippen LogP contribution in [-0.4, -0.2) is 19.0 Å². The van der Waals surface area contributed by atoms with Crippen molar-refractivity contribution in [1.82, 2.24) is 0 Å². The number of hydrogen-bond acceptors (Lipinski definition) is 5. The van der Waals surface area contributed by atoms with Crippen molar-refractivity contribution in [2.45, 2.75) is 0 Å². The highest BCUT2D eigenvalue weighted by atomic mass is 32.2. The van der Waals surface area contributed by atoms with E-state index in [0.29, 0.717) is 9.75 Å². The number of primary amides is 1. The molecule has 2 N–H and O–H groups in total. The molecule has 0 aliphatic rings. The molecule has 0 atom stereocenters. The Morgan fingerprint density at radius 2 is 1.87 bits per heavy atom. The normalized spacial score (nSPS) is 10.5. The topological polar surface area (TPSA) is 69.4 Å². The molecule has 15 heavy (non-hydrogen) atoms. The Labute approximate surface area is 93.3 Å².